The number of hydrogen-bond donors (Lipinski definition) is 1. The Bertz CT molecular complexity index is 333. The molecule has 1 atom stereocenters. The van der Waals surface area contributed by atoms with E-state index in [-0.39, 0.29) is 11.8 Å². The zero-order valence-electron chi connectivity index (χ0n) is 23.0. The van der Waals surface area contributed by atoms with Gasteiger partial charge in [0.25, 0.3) is 0 Å². The maximum absolute atomic E-state index is 6.42. The number of unbranched alkanes of at least 4 members (excludes halogenated alkanes) is 18. The van der Waals surface area contributed by atoms with Crippen LogP contribution in [0.4, 0.5) is 0 Å². The van der Waals surface area contributed by atoms with Crippen molar-refractivity contribution in [1.29, 1.82) is 0 Å². The van der Waals surface area contributed by atoms with E-state index in [0.717, 1.165) is 12.8 Å². The maximum atomic E-state index is 6.42. The van der Waals surface area contributed by atoms with Gasteiger partial charge in [-0.2, -0.15) is 0 Å². The molecule has 2 heteroatoms. The summed E-state index contributed by atoms with van der Waals surface area (Å²) in [5, 5.41) is 0. The molecule has 0 amide bonds. The highest BCUT2D eigenvalue weighted by molar-refractivity contribution is 4.77. The van der Waals surface area contributed by atoms with Crippen LogP contribution >= 0.6 is 0 Å². The largest absolute Gasteiger partial charge is 0.357 e. The van der Waals surface area contributed by atoms with E-state index in [9.17, 15) is 0 Å². The molecular formula is C30H63NO. The molecule has 0 saturated carbocycles. The van der Waals surface area contributed by atoms with Gasteiger partial charge in [0.1, 0.15) is 6.23 Å². The van der Waals surface area contributed by atoms with E-state index in [0.29, 0.717) is 0 Å². The van der Waals surface area contributed by atoms with Crippen molar-refractivity contribution in [3.8, 4) is 0 Å². The number of hydrogen-bond acceptors (Lipinski definition) is 2. The van der Waals surface area contributed by atoms with Crippen molar-refractivity contribution in [1.82, 2.24) is 0 Å². The van der Waals surface area contributed by atoms with Crippen molar-refractivity contribution in [3.05, 3.63) is 0 Å². The fourth-order valence-electron chi connectivity index (χ4n) is 4.92. The van der Waals surface area contributed by atoms with Gasteiger partial charge in [-0.3, -0.25) is 0 Å². The van der Waals surface area contributed by atoms with Gasteiger partial charge in [0, 0.05) is 0 Å². The van der Waals surface area contributed by atoms with Crippen LogP contribution in [0.3, 0.4) is 0 Å². The van der Waals surface area contributed by atoms with Gasteiger partial charge < -0.3 is 10.5 Å². The number of rotatable bonds is 26. The van der Waals surface area contributed by atoms with Gasteiger partial charge in [-0.1, -0.05) is 156 Å². The Labute approximate surface area is 204 Å². The van der Waals surface area contributed by atoms with E-state index in [1.807, 2.05) is 0 Å². The summed E-state index contributed by atoms with van der Waals surface area (Å²) in [5.74, 6) is 0. The smallest absolute Gasteiger partial charge is 0.106 e. The molecule has 0 rings (SSSR count). The van der Waals surface area contributed by atoms with Gasteiger partial charge in [0.2, 0.25) is 0 Å². The number of nitrogens with two attached hydrogens (primary N) is 1. The lowest BCUT2D eigenvalue weighted by Crippen LogP contribution is -2.38. The van der Waals surface area contributed by atoms with E-state index in [1.54, 1.807) is 0 Å². The van der Waals surface area contributed by atoms with E-state index in [4.69, 9.17) is 10.5 Å². The fraction of sp³-hybridized carbons (Fsp3) is 1.00. The molecule has 32 heavy (non-hydrogen) atoms. The van der Waals surface area contributed by atoms with Crippen molar-refractivity contribution in [3.63, 3.8) is 0 Å². The second kappa shape index (κ2) is 24.1. The predicted octanol–water partition coefficient (Wildman–Crippen LogP) is 10.5. The Morgan fingerprint density at radius 2 is 0.812 bits per heavy atom. The fourth-order valence-corrected chi connectivity index (χ4v) is 4.92. The third kappa shape index (κ3) is 21.7. The van der Waals surface area contributed by atoms with Crippen molar-refractivity contribution in [2.24, 2.45) is 5.73 Å². The molecule has 0 aliphatic rings. The first-order valence-electron chi connectivity index (χ1n) is 15.0. The molecule has 0 aromatic carbocycles. The Hall–Kier alpha value is -0.0800. The summed E-state index contributed by atoms with van der Waals surface area (Å²) in [6.07, 6.45) is 32.3. The van der Waals surface area contributed by atoms with Crippen LogP contribution in [-0.4, -0.2) is 11.8 Å². The summed E-state index contributed by atoms with van der Waals surface area (Å²) < 4.78 is 6.42. The molecule has 0 aromatic rings. The van der Waals surface area contributed by atoms with Crippen LogP contribution < -0.4 is 5.73 Å². The van der Waals surface area contributed by atoms with Crippen LogP contribution in [0.15, 0.2) is 0 Å². The summed E-state index contributed by atoms with van der Waals surface area (Å²) in [6, 6.07) is 0. The van der Waals surface area contributed by atoms with Gasteiger partial charge in [0.15, 0.2) is 0 Å². The Morgan fingerprint density at radius 1 is 0.500 bits per heavy atom. The Kier molecular flexibility index (Phi) is 24.0. The molecule has 0 heterocycles. The van der Waals surface area contributed by atoms with Gasteiger partial charge in [0.05, 0.1) is 5.60 Å². The second-order valence-corrected chi connectivity index (χ2v) is 10.8. The van der Waals surface area contributed by atoms with Crippen LogP contribution in [0, 0.1) is 0 Å². The third-order valence-electron chi connectivity index (χ3n) is 7.13. The average molecular weight is 454 g/mol. The molecular weight excluding hydrogens is 390 g/mol. The molecule has 0 aromatic heterocycles. The summed E-state index contributed by atoms with van der Waals surface area (Å²) in [6.45, 7) is 9.13. The molecule has 0 radical (unpaired) electrons. The zero-order valence-corrected chi connectivity index (χ0v) is 23.0. The summed E-state index contributed by atoms with van der Waals surface area (Å²) in [4.78, 5) is 0. The van der Waals surface area contributed by atoms with Crippen molar-refractivity contribution in [2.45, 2.75) is 194 Å². The van der Waals surface area contributed by atoms with Crippen LogP contribution in [0.5, 0.6) is 0 Å². The highest BCUT2D eigenvalue weighted by atomic mass is 16.5. The molecule has 1 unspecified atom stereocenters. The summed E-state index contributed by atoms with van der Waals surface area (Å²) >= 11 is 0. The minimum absolute atomic E-state index is 0.0190. The Balaban J connectivity index is 3.96. The first-order valence-corrected chi connectivity index (χ1v) is 15.0. The monoisotopic (exact) mass is 453 g/mol. The summed E-state index contributed by atoms with van der Waals surface area (Å²) in [7, 11) is 0. The van der Waals surface area contributed by atoms with Gasteiger partial charge in [-0.25, -0.2) is 0 Å². The minimum Gasteiger partial charge on any atom is -0.357 e. The Morgan fingerprint density at radius 3 is 1.12 bits per heavy atom. The quantitative estimate of drug-likeness (QED) is 0.104. The van der Waals surface area contributed by atoms with Crippen LogP contribution in [-0.2, 0) is 4.74 Å². The van der Waals surface area contributed by atoms with Gasteiger partial charge in [-0.05, 0) is 26.2 Å². The molecule has 2 nitrogen and oxygen atoms in total. The lowest BCUT2D eigenvalue weighted by molar-refractivity contribution is -0.0949. The van der Waals surface area contributed by atoms with Crippen LogP contribution in [0.1, 0.15) is 182 Å². The van der Waals surface area contributed by atoms with Crippen LogP contribution in [0.25, 0.3) is 0 Å². The van der Waals surface area contributed by atoms with E-state index in [2.05, 4.69) is 27.7 Å². The average Bonchev–Trinajstić information content (AvgIpc) is 2.76. The van der Waals surface area contributed by atoms with E-state index in [1.165, 1.54) is 141 Å². The molecule has 0 aliphatic heterocycles. The molecule has 0 spiro atoms. The molecule has 194 valence electrons. The van der Waals surface area contributed by atoms with Crippen molar-refractivity contribution < 1.29 is 4.74 Å². The summed E-state index contributed by atoms with van der Waals surface area (Å²) in [5.41, 5.74) is 6.27. The lowest BCUT2D eigenvalue weighted by Gasteiger charge is -2.33. The minimum atomic E-state index is -0.0868. The van der Waals surface area contributed by atoms with Gasteiger partial charge >= 0.3 is 0 Å². The van der Waals surface area contributed by atoms with E-state index >= 15 is 0 Å². The SMILES string of the molecule is CCCCCCCCCCCCC(C)(CCCCCCCCCCCC)OC(N)CCC. The molecule has 2 N–H and O–H groups in total. The van der Waals surface area contributed by atoms with Crippen LogP contribution in [0.2, 0.25) is 0 Å². The first kappa shape index (κ1) is 31.9. The predicted molar refractivity (Wildman–Crippen MR) is 145 cm³/mol. The lowest BCUT2D eigenvalue weighted by atomic mass is 9.90. The highest BCUT2D eigenvalue weighted by Gasteiger charge is 2.26. The zero-order chi connectivity index (χ0) is 23.8. The molecule has 0 aliphatic carbocycles. The molecule has 0 saturated heterocycles. The topological polar surface area (TPSA) is 35.2 Å². The molecule has 0 bridgehead atoms. The standard InChI is InChI=1S/C30H63NO/c1-5-8-10-12-14-16-18-20-22-24-27-30(4,32-29(31)26-7-3)28-25-23-21-19-17-15-13-11-9-6-2/h29H,5-28,31H2,1-4H3. The van der Waals surface area contributed by atoms with E-state index < -0.39 is 0 Å². The van der Waals surface area contributed by atoms with Gasteiger partial charge in [-0.15, -0.1) is 0 Å². The normalized spacial score (nSPS) is 13.0. The number of ether oxygens (including phenoxy) is 1. The van der Waals surface area contributed by atoms with Crippen molar-refractivity contribution >= 4 is 0 Å². The first-order chi connectivity index (χ1) is 15.6. The highest BCUT2D eigenvalue weighted by Crippen LogP contribution is 2.28. The second-order valence-electron chi connectivity index (χ2n) is 10.8. The molecule has 0 fully saturated rings. The van der Waals surface area contributed by atoms with Crippen molar-refractivity contribution in [2.75, 3.05) is 0 Å². The third-order valence-corrected chi connectivity index (χ3v) is 7.13. The maximum Gasteiger partial charge on any atom is 0.106 e.